The number of cyclic esters (lactones) is 1. The number of carbonyl (C=O) groups excluding carboxylic acids is 2. The lowest BCUT2D eigenvalue weighted by Crippen LogP contribution is -2.60. The summed E-state index contributed by atoms with van der Waals surface area (Å²) in [6, 6.07) is 2.75. The van der Waals surface area contributed by atoms with Gasteiger partial charge in [0.1, 0.15) is 30.0 Å². The quantitative estimate of drug-likeness (QED) is 0.105. The first-order chi connectivity index (χ1) is 30.4. The van der Waals surface area contributed by atoms with E-state index in [-0.39, 0.29) is 43.4 Å². The Bertz CT molecular complexity index is 1610. The standard InChI is InChI=1S/C47H84N4O13S/c1-14-35-47(10,58)39(53)31(6)51(21-16-19-48-44(56)49-20-18-33-17-15-22-65-33)26-27(2)24-45(8,57)41(64-43-37(52)34(50(11)12)23-28(3)60-43)29(4)38(30(5)42(55)62-35)63-36-25-46(9,59-13)40(54)32(7)61-36/h15,17,22,27-32,34-41,43,52-54,57-58H,14,16,18-21,23-26H2,1-13H3,(H2,48,49,56)/t27-,28-,29+,30-,31-,32+,34+,35-,36+,37-,38+,39-,40+,41-,43+,45-,46-,47-/m1/s1. The third-order valence-corrected chi connectivity index (χ3v) is 15.1. The minimum atomic E-state index is -1.91. The SMILES string of the molecule is CC[C@H]1OC(=O)[C@H](C)[C@@H](O[C@H]2C[C@@](C)(OC)[C@@H](O)[C@H](C)O2)[C@H](C)[C@@H](O[C@@H]2O[C@H](C)C[C@H](N(C)C)[C@H]2O)[C@](C)(O)C[C@@H](C)CN(CCCNC(=O)NCCc2cccs2)[C@H](C)[C@@H](O)[C@]1(C)O. The van der Waals surface area contributed by atoms with Crippen molar-refractivity contribution in [2.24, 2.45) is 17.8 Å². The maximum atomic E-state index is 14.5. The molecule has 0 spiro atoms. The lowest BCUT2D eigenvalue weighted by atomic mass is 9.77. The van der Waals surface area contributed by atoms with Gasteiger partial charge in [-0.3, -0.25) is 9.69 Å². The fraction of sp³-hybridized carbons (Fsp3) is 0.872. The molecule has 1 aromatic rings. The summed E-state index contributed by atoms with van der Waals surface area (Å²) in [6.45, 7) is 19.2. The van der Waals surface area contributed by atoms with E-state index in [9.17, 15) is 35.1 Å². The second-order valence-electron chi connectivity index (χ2n) is 20.1. The van der Waals surface area contributed by atoms with E-state index in [1.165, 1.54) is 18.9 Å². The van der Waals surface area contributed by atoms with Gasteiger partial charge < -0.3 is 69.5 Å². The van der Waals surface area contributed by atoms with Crippen LogP contribution in [0.25, 0.3) is 0 Å². The Morgan fingerprint density at radius 3 is 2.28 bits per heavy atom. The summed E-state index contributed by atoms with van der Waals surface area (Å²) in [5, 5.41) is 67.6. The number of hydrogen-bond donors (Lipinski definition) is 7. The Balaban J connectivity index is 1.71. The van der Waals surface area contributed by atoms with Gasteiger partial charge in [0.15, 0.2) is 12.6 Å². The van der Waals surface area contributed by atoms with E-state index in [4.69, 9.17) is 28.4 Å². The molecule has 376 valence electrons. The van der Waals surface area contributed by atoms with Gasteiger partial charge in [0.05, 0.1) is 41.5 Å². The number of ether oxygens (including phenoxy) is 6. The molecule has 0 aliphatic carbocycles. The number of likely N-dealkylation sites (N-methyl/N-ethyl adjacent to an activating group) is 1. The van der Waals surface area contributed by atoms with Crippen LogP contribution in [0.3, 0.4) is 0 Å². The highest BCUT2D eigenvalue weighted by atomic mass is 32.1. The molecule has 4 heterocycles. The molecule has 18 heteroatoms. The lowest BCUT2D eigenvalue weighted by molar-refractivity contribution is -0.318. The molecule has 3 aliphatic heterocycles. The Morgan fingerprint density at radius 2 is 1.66 bits per heavy atom. The third kappa shape index (κ3) is 14.3. The Morgan fingerprint density at radius 1 is 0.985 bits per heavy atom. The topological polar surface area (TPSA) is 221 Å². The van der Waals surface area contributed by atoms with Gasteiger partial charge in [-0.15, -0.1) is 11.3 Å². The Kier molecular flexibility index (Phi) is 20.5. The largest absolute Gasteiger partial charge is 0.459 e. The van der Waals surface area contributed by atoms with Gasteiger partial charge in [-0.05, 0) is 112 Å². The molecular weight excluding hydrogens is 861 g/mol. The van der Waals surface area contributed by atoms with Crippen molar-refractivity contribution in [1.29, 1.82) is 0 Å². The molecule has 18 atom stereocenters. The molecule has 1 aromatic heterocycles. The predicted molar refractivity (Wildman–Crippen MR) is 247 cm³/mol. The highest BCUT2D eigenvalue weighted by Gasteiger charge is 2.53. The maximum Gasteiger partial charge on any atom is 0.314 e. The van der Waals surface area contributed by atoms with Gasteiger partial charge in [0.2, 0.25) is 0 Å². The van der Waals surface area contributed by atoms with E-state index in [0.717, 1.165) is 6.42 Å². The molecule has 0 unspecified atom stereocenters. The zero-order valence-corrected chi connectivity index (χ0v) is 42.1. The van der Waals surface area contributed by atoms with E-state index in [1.807, 2.05) is 69.1 Å². The van der Waals surface area contributed by atoms with E-state index < -0.39 is 96.0 Å². The van der Waals surface area contributed by atoms with Crippen LogP contribution in [0.15, 0.2) is 17.5 Å². The van der Waals surface area contributed by atoms with Crippen LogP contribution in [0.1, 0.15) is 106 Å². The van der Waals surface area contributed by atoms with Crippen molar-refractivity contribution in [3.05, 3.63) is 22.4 Å². The Labute approximate surface area is 391 Å². The molecule has 0 saturated carbocycles. The van der Waals surface area contributed by atoms with Gasteiger partial charge in [-0.1, -0.05) is 26.8 Å². The van der Waals surface area contributed by atoms with Crippen LogP contribution >= 0.6 is 11.3 Å². The normalized spacial score (nSPS) is 41.9. The number of aliphatic hydroxyl groups excluding tert-OH is 3. The first-order valence-electron chi connectivity index (χ1n) is 23.7. The molecule has 4 rings (SSSR count). The number of amides is 2. The number of nitrogens with zero attached hydrogens (tertiary/aromatic N) is 2. The summed E-state index contributed by atoms with van der Waals surface area (Å²) in [4.78, 5) is 32.3. The number of carbonyl (C=O) groups is 2. The number of aliphatic hydroxyl groups is 5. The maximum absolute atomic E-state index is 14.5. The summed E-state index contributed by atoms with van der Waals surface area (Å²) in [7, 11) is 5.26. The minimum Gasteiger partial charge on any atom is -0.459 e. The summed E-state index contributed by atoms with van der Waals surface area (Å²) in [6.07, 6.45) is -7.68. The summed E-state index contributed by atoms with van der Waals surface area (Å²) < 4.78 is 38.0. The van der Waals surface area contributed by atoms with E-state index in [2.05, 4.69) is 10.6 Å². The van der Waals surface area contributed by atoms with Crippen LogP contribution in [-0.4, -0.2) is 185 Å². The highest BCUT2D eigenvalue weighted by Crippen LogP contribution is 2.40. The zero-order chi connectivity index (χ0) is 48.6. The van der Waals surface area contributed by atoms with Crippen LogP contribution in [-0.2, 0) is 39.6 Å². The molecule has 3 fully saturated rings. The van der Waals surface area contributed by atoms with E-state index in [1.54, 1.807) is 46.0 Å². The number of esters is 1. The van der Waals surface area contributed by atoms with Gasteiger partial charge in [-0.25, -0.2) is 4.79 Å². The molecule has 0 aromatic carbocycles. The summed E-state index contributed by atoms with van der Waals surface area (Å²) in [5.74, 6) is -2.84. The van der Waals surface area contributed by atoms with Gasteiger partial charge in [-0.2, -0.15) is 0 Å². The van der Waals surface area contributed by atoms with Gasteiger partial charge >= 0.3 is 12.0 Å². The third-order valence-electron chi connectivity index (χ3n) is 14.2. The van der Waals surface area contributed by atoms with Crippen LogP contribution < -0.4 is 10.6 Å². The van der Waals surface area contributed by atoms with Crippen molar-refractivity contribution < 1.29 is 63.5 Å². The van der Waals surface area contributed by atoms with Crippen molar-refractivity contribution in [3.8, 4) is 0 Å². The van der Waals surface area contributed by atoms with Crippen LogP contribution in [0.4, 0.5) is 4.79 Å². The second-order valence-corrected chi connectivity index (χ2v) is 21.1. The molecule has 65 heavy (non-hydrogen) atoms. The number of hydrogen-bond acceptors (Lipinski definition) is 16. The van der Waals surface area contributed by atoms with Crippen LogP contribution in [0.2, 0.25) is 0 Å². The monoisotopic (exact) mass is 945 g/mol. The van der Waals surface area contributed by atoms with Crippen molar-refractivity contribution in [2.45, 2.75) is 198 Å². The molecule has 3 saturated heterocycles. The van der Waals surface area contributed by atoms with E-state index >= 15 is 0 Å². The van der Waals surface area contributed by atoms with E-state index in [0.29, 0.717) is 39.0 Å². The fourth-order valence-corrected chi connectivity index (χ4v) is 10.9. The zero-order valence-electron chi connectivity index (χ0n) is 41.3. The number of thiophene rings is 1. The van der Waals surface area contributed by atoms with Crippen molar-refractivity contribution in [2.75, 3.05) is 47.4 Å². The first-order valence-corrected chi connectivity index (χ1v) is 24.6. The average molecular weight is 945 g/mol. The smallest absolute Gasteiger partial charge is 0.314 e. The predicted octanol–water partition coefficient (Wildman–Crippen LogP) is 3.26. The van der Waals surface area contributed by atoms with Crippen LogP contribution in [0, 0.1) is 17.8 Å². The highest BCUT2D eigenvalue weighted by molar-refractivity contribution is 7.09. The molecule has 2 amide bonds. The van der Waals surface area contributed by atoms with Gasteiger partial charge in [0.25, 0.3) is 0 Å². The molecule has 3 aliphatic rings. The average Bonchev–Trinajstić information content (AvgIpc) is 3.76. The minimum absolute atomic E-state index is 0.105. The number of nitrogens with one attached hydrogen (secondary N) is 2. The Hall–Kier alpha value is -2.04. The first kappa shape index (κ1) is 55.6. The number of urea groups is 1. The van der Waals surface area contributed by atoms with Crippen molar-refractivity contribution >= 4 is 23.3 Å². The fourth-order valence-electron chi connectivity index (χ4n) is 10.2. The molecular formula is C47H84N4O13S. The van der Waals surface area contributed by atoms with Crippen molar-refractivity contribution in [1.82, 2.24) is 20.4 Å². The summed E-state index contributed by atoms with van der Waals surface area (Å²) in [5.41, 5.74) is -4.61. The molecule has 7 N–H and O–H groups in total. The number of rotatable bonds is 14. The molecule has 0 radical (unpaired) electrons. The summed E-state index contributed by atoms with van der Waals surface area (Å²) >= 11 is 1.64. The molecule has 0 bridgehead atoms. The molecule has 17 nitrogen and oxygen atoms in total. The van der Waals surface area contributed by atoms with Crippen molar-refractivity contribution in [3.63, 3.8) is 0 Å². The van der Waals surface area contributed by atoms with Gasteiger partial charge in [0, 0.05) is 62.6 Å². The number of methoxy groups -OCH3 is 1. The lowest BCUT2D eigenvalue weighted by Gasteiger charge is -2.48. The van der Waals surface area contributed by atoms with Crippen LogP contribution in [0.5, 0.6) is 0 Å². The second kappa shape index (κ2) is 24.0.